The number of carbonyl (C=O) groups is 1. The molecule has 1 N–H and O–H groups in total. The molecule has 0 bridgehead atoms. The van der Waals surface area contributed by atoms with Crippen LogP contribution in [0.3, 0.4) is 0 Å². The molecule has 2 aromatic carbocycles. The average molecular weight is 449 g/mol. The van der Waals surface area contributed by atoms with E-state index in [4.69, 9.17) is 4.74 Å². The number of halogens is 1. The van der Waals surface area contributed by atoms with Crippen molar-refractivity contribution in [2.45, 2.75) is 46.1 Å². The predicted molar refractivity (Wildman–Crippen MR) is 127 cm³/mol. The number of imidazole rings is 1. The van der Waals surface area contributed by atoms with E-state index < -0.39 is 0 Å². The SMILES string of the molecule is CCOc1ccc2c(c1)c(C)c(C(=O)N1CCC(c3nc4ccc(F)cc4[nH]3)CC1)n2CC. The number of fused-ring (bicyclic) bond motifs is 2. The van der Waals surface area contributed by atoms with E-state index in [0.29, 0.717) is 19.7 Å². The highest BCUT2D eigenvalue weighted by molar-refractivity contribution is 6.02. The Kier molecular flexibility index (Phi) is 5.56. The zero-order chi connectivity index (χ0) is 23.1. The molecule has 33 heavy (non-hydrogen) atoms. The van der Waals surface area contributed by atoms with Gasteiger partial charge in [0, 0.05) is 36.5 Å². The van der Waals surface area contributed by atoms with Crippen LogP contribution < -0.4 is 4.74 Å². The summed E-state index contributed by atoms with van der Waals surface area (Å²) in [6.07, 6.45) is 1.65. The highest BCUT2D eigenvalue weighted by Gasteiger charge is 2.29. The molecule has 3 heterocycles. The molecule has 1 aliphatic rings. The largest absolute Gasteiger partial charge is 0.494 e. The summed E-state index contributed by atoms with van der Waals surface area (Å²) in [5.74, 6) is 1.75. The molecule has 0 spiro atoms. The van der Waals surface area contributed by atoms with Crippen molar-refractivity contribution in [1.29, 1.82) is 0 Å². The normalized spacial score (nSPS) is 15.0. The Morgan fingerprint density at radius 3 is 2.70 bits per heavy atom. The van der Waals surface area contributed by atoms with Gasteiger partial charge in [0.25, 0.3) is 5.91 Å². The van der Waals surface area contributed by atoms with E-state index in [9.17, 15) is 9.18 Å². The van der Waals surface area contributed by atoms with Crippen molar-refractivity contribution in [3.8, 4) is 5.75 Å². The Labute approximate surface area is 192 Å². The van der Waals surface area contributed by atoms with Gasteiger partial charge in [-0.05, 0) is 75.6 Å². The molecule has 1 aliphatic heterocycles. The number of nitrogens with zero attached hydrogens (tertiary/aromatic N) is 3. The van der Waals surface area contributed by atoms with Crippen LogP contribution >= 0.6 is 0 Å². The van der Waals surface area contributed by atoms with Crippen LogP contribution in [0.5, 0.6) is 5.75 Å². The van der Waals surface area contributed by atoms with Gasteiger partial charge >= 0.3 is 0 Å². The zero-order valence-corrected chi connectivity index (χ0v) is 19.3. The van der Waals surface area contributed by atoms with E-state index in [0.717, 1.165) is 64.2 Å². The molecular weight excluding hydrogens is 419 g/mol. The van der Waals surface area contributed by atoms with Crippen LogP contribution in [0.1, 0.15) is 54.5 Å². The maximum absolute atomic E-state index is 13.6. The van der Waals surface area contributed by atoms with E-state index in [1.165, 1.54) is 12.1 Å². The van der Waals surface area contributed by atoms with Crippen molar-refractivity contribution >= 4 is 27.8 Å². The number of piperidine rings is 1. The van der Waals surface area contributed by atoms with E-state index in [2.05, 4.69) is 21.5 Å². The third kappa shape index (κ3) is 3.75. The number of carbonyl (C=O) groups excluding carboxylic acids is 1. The Morgan fingerprint density at radius 2 is 1.97 bits per heavy atom. The summed E-state index contributed by atoms with van der Waals surface area (Å²) in [5.41, 5.74) is 4.32. The fraction of sp³-hybridized carbons (Fsp3) is 0.385. The predicted octanol–water partition coefficient (Wildman–Crippen LogP) is 5.40. The van der Waals surface area contributed by atoms with Gasteiger partial charge in [0.15, 0.2) is 0 Å². The topological polar surface area (TPSA) is 63.1 Å². The molecule has 0 atom stereocenters. The summed E-state index contributed by atoms with van der Waals surface area (Å²) in [5, 5.41) is 1.07. The second-order valence-electron chi connectivity index (χ2n) is 8.68. The van der Waals surface area contributed by atoms with Crippen LogP contribution in [0.2, 0.25) is 0 Å². The molecule has 7 heteroatoms. The van der Waals surface area contributed by atoms with Crippen molar-refractivity contribution in [1.82, 2.24) is 19.4 Å². The number of nitrogens with one attached hydrogen (secondary N) is 1. The quantitative estimate of drug-likeness (QED) is 0.444. The lowest BCUT2D eigenvalue weighted by Crippen LogP contribution is -2.39. The maximum Gasteiger partial charge on any atom is 0.270 e. The van der Waals surface area contributed by atoms with Crippen LogP contribution in [0, 0.1) is 12.7 Å². The zero-order valence-electron chi connectivity index (χ0n) is 19.3. The molecule has 0 aliphatic carbocycles. The fourth-order valence-corrected chi connectivity index (χ4v) is 5.06. The number of aromatic amines is 1. The number of H-pyrrole nitrogens is 1. The molecule has 0 radical (unpaired) electrons. The Hall–Kier alpha value is -3.35. The van der Waals surface area contributed by atoms with Crippen molar-refractivity contribution < 1.29 is 13.9 Å². The number of amides is 1. The molecule has 2 aromatic heterocycles. The van der Waals surface area contributed by atoms with Crippen LogP contribution in [-0.2, 0) is 6.54 Å². The van der Waals surface area contributed by atoms with Gasteiger partial charge in [-0.3, -0.25) is 4.79 Å². The molecule has 4 aromatic rings. The van der Waals surface area contributed by atoms with E-state index in [1.54, 1.807) is 6.07 Å². The minimum Gasteiger partial charge on any atom is -0.494 e. The highest BCUT2D eigenvalue weighted by Crippen LogP contribution is 2.32. The van der Waals surface area contributed by atoms with Gasteiger partial charge in [-0.2, -0.15) is 0 Å². The number of hydrogen-bond acceptors (Lipinski definition) is 3. The maximum atomic E-state index is 13.6. The third-order valence-corrected chi connectivity index (χ3v) is 6.75. The monoisotopic (exact) mass is 448 g/mol. The van der Waals surface area contributed by atoms with Gasteiger partial charge < -0.3 is 19.2 Å². The molecule has 6 nitrogen and oxygen atoms in total. The Balaban J connectivity index is 1.37. The summed E-state index contributed by atoms with van der Waals surface area (Å²) in [4.78, 5) is 23.5. The van der Waals surface area contributed by atoms with Gasteiger partial charge in [0.05, 0.1) is 17.6 Å². The number of ether oxygens (including phenoxy) is 1. The first-order valence-electron chi connectivity index (χ1n) is 11.7. The standard InChI is InChI=1S/C26H29FN4O2/c1-4-31-23-9-7-19(33-5-2)15-20(23)16(3)24(31)26(32)30-12-10-17(11-13-30)25-28-21-8-6-18(27)14-22(21)29-25/h6-9,14-15,17H,4-5,10-13H2,1-3H3,(H,28,29). The molecule has 172 valence electrons. The van der Waals surface area contributed by atoms with Crippen molar-refractivity contribution in [2.75, 3.05) is 19.7 Å². The fourth-order valence-electron chi connectivity index (χ4n) is 5.06. The van der Waals surface area contributed by atoms with Gasteiger partial charge in [-0.15, -0.1) is 0 Å². The second-order valence-corrected chi connectivity index (χ2v) is 8.68. The summed E-state index contributed by atoms with van der Waals surface area (Å²) in [7, 11) is 0. The molecular formula is C26H29FN4O2. The summed E-state index contributed by atoms with van der Waals surface area (Å²) in [6.45, 7) is 8.75. The third-order valence-electron chi connectivity index (χ3n) is 6.75. The summed E-state index contributed by atoms with van der Waals surface area (Å²) >= 11 is 0. The van der Waals surface area contributed by atoms with Crippen molar-refractivity contribution in [3.63, 3.8) is 0 Å². The van der Waals surface area contributed by atoms with Gasteiger partial charge in [-0.1, -0.05) is 0 Å². The van der Waals surface area contributed by atoms with E-state index in [-0.39, 0.29) is 17.6 Å². The lowest BCUT2D eigenvalue weighted by molar-refractivity contribution is 0.0700. The first-order valence-corrected chi connectivity index (χ1v) is 11.7. The molecule has 1 fully saturated rings. The first-order chi connectivity index (χ1) is 16.0. The summed E-state index contributed by atoms with van der Waals surface area (Å²) in [6, 6.07) is 10.7. The van der Waals surface area contributed by atoms with E-state index >= 15 is 0 Å². The lowest BCUT2D eigenvalue weighted by atomic mass is 9.96. The molecule has 5 rings (SSSR count). The number of rotatable bonds is 5. The highest BCUT2D eigenvalue weighted by atomic mass is 19.1. The minimum atomic E-state index is -0.270. The van der Waals surface area contributed by atoms with Crippen LogP contribution in [0.15, 0.2) is 36.4 Å². The van der Waals surface area contributed by atoms with Gasteiger partial charge in [0.2, 0.25) is 0 Å². The molecule has 1 amide bonds. The number of hydrogen-bond donors (Lipinski definition) is 1. The van der Waals surface area contributed by atoms with Gasteiger partial charge in [-0.25, -0.2) is 9.37 Å². The lowest BCUT2D eigenvalue weighted by Gasteiger charge is -2.31. The van der Waals surface area contributed by atoms with Crippen LogP contribution in [0.25, 0.3) is 21.9 Å². The first kappa shape index (κ1) is 21.5. The molecule has 1 saturated heterocycles. The Morgan fingerprint density at radius 1 is 1.18 bits per heavy atom. The van der Waals surface area contributed by atoms with Crippen molar-refractivity contribution in [2.24, 2.45) is 0 Å². The average Bonchev–Trinajstić information content (AvgIpc) is 3.37. The van der Waals surface area contributed by atoms with Crippen LogP contribution in [0.4, 0.5) is 4.39 Å². The molecule has 0 unspecified atom stereocenters. The minimum absolute atomic E-state index is 0.0774. The number of aromatic nitrogens is 3. The summed E-state index contributed by atoms with van der Waals surface area (Å²) < 4.78 is 21.3. The molecule has 0 saturated carbocycles. The van der Waals surface area contributed by atoms with Gasteiger partial charge in [0.1, 0.15) is 23.1 Å². The Bertz CT molecular complexity index is 1330. The second kappa shape index (κ2) is 8.54. The number of aryl methyl sites for hydroxylation is 2. The number of likely N-dealkylation sites (tertiary alicyclic amines) is 1. The number of benzene rings is 2. The van der Waals surface area contributed by atoms with Crippen LogP contribution in [-0.4, -0.2) is 45.0 Å². The van der Waals surface area contributed by atoms with Crippen molar-refractivity contribution in [3.05, 3.63) is 59.3 Å². The smallest absolute Gasteiger partial charge is 0.270 e. The van der Waals surface area contributed by atoms with E-state index in [1.807, 2.05) is 36.9 Å².